The Kier molecular flexibility index (Phi) is 4.91. The second kappa shape index (κ2) is 6.88. The average Bonchev–Trinajstić information content (AvgIpc) is 2.85. The fraction of sp³-hybridized carbons (Fsp3) is 0.833. The van der Waals surface area contributed by atoms with E-state index in [1.165, 1.54) is 25.3 Å². The van der Waals surface area contributed by atoms with Gasteiger partial charge >= 0.3 is 11.9 Å². The van der Waals surface area contributed by atoms with E-state index in [4.69, 9.17) is 9.47 Å². The molecule has 0 aromatic carbocycles. The molecule has 0 bridgehead atoms. The number of hydrogen-bond acceptors (Lipinski definition) is 4. The molecule has 0 heterocycles. The van der Waals surface area contributed by atoms with Crippen molar-refractivity contribution in [2.75, 3.05) is 0 Å². The van der Waals surface area contributed by atoms with E-state index in [0.717, 1.165) is 32.1 Å². The molecule has 0 N–H and O–H groups in total. The molecule has 4 nitrogen and oxygen atoms in total. The Morgan fingerprint density at radius 3 is 2.43 bits per heavy atom. The van der Waals surface area contributed by atoms with E-state index >= 15 is 0 Å². The van der Waals surface area contributed by atoms with Crippen LogP contribution in [0.5, 0.6) is 0 Å². The molecule has 3 saturated carbocycles. The number of hydrogen-bond donors (Lipinski definition) is 0. The quantitative estimate of drug-likeness (QED) is 0.490. The van der Waals surface area contributed by atoms with Gasteiger partial charge in [0.25, 0.3) is 0 Å². The van der Waals surface area contributed by atoms with Crippen LogP contribution in [-0.2, 0) is 19.1 Å². The van der Waals surface area contributed by atoms with E-state index in [-0.39, 0.29) is 35.0 Å². The van der Waals surface area contributed by atoms with Crippen molar-refractivity contribution in [1.29, 1.82) is 0 Å². The summed E-state index contributed by atoms with van der Waals surface area (Å²) >= 11 is 0. The Morgan fingerprint density at radius 2 is 1.75 bits per heavy atom. The van der Waals surface area contributed by atoms with Crippen LogP contribution in [0.2, 0.25) is 0 Å². The zero-order valence-electron chi connectivity index (χ0n) is 18.1. The summed E-state index contributed by atoms with van der Waals surface area (Å²) in [4.78, 5) is 23.1. The van der Waals surface area contributed by atoms with Crippen LogP contribution in [-0.4, -0.2) is 24.1 Å². The summed E-state index contributed by atoms with van der Waals surface area (Å²) in [5, 5.41) is 0. The maximum absolute atomic E-state index is 11.7. The molecule has 0 aromatic heterocycles. The van der Waals surface area contributed by atoms with Gasteiger partial charge in [0.2, 0.25) is 0 Å². The van der Waals surface area contributed by atoms with Crippen LogP contribution in [0, 0.1) is 34.5 Å². The second-order valence-corrected chi connectivity index (χ2v) is 10.5. The van der Waals surface area contributed by atoms with Crippen LogP contribution in [0.15, 0.2) is 11.6 Å². The molecule has 8 atom stereocenters. The molecule has 0 aromatic rings. The molecule has 0 radical (unpaired) electrons. The van der Waals surface area contributed by atoms with E-state index in [2.05, 4.69) is 26.8 Å². The van der Waals surface area contributed by atoms with Gasteiger partial charge in [0.15, 0.2) is 0 Å². The third kappa shape index (κ3) is 3.02. The number of carbonyl (C=O) groups is 2. The predicted octanol–water partition coefficient (Wildman–Crippen LogP) is 5.06. The van der Waals surface area contributed by atoms with Crippen molar-refractivity contribution >= 4 is 11.9 Å². The zero-order chi connectivity index (χ0) is 20.3. The third-order valence-electron chi connectivity index (χ3n) is 8.91. The van der Waals surface area contributed by atoms with Gasteiger partial charge in [-0.15, -0.1) is 0 Å². The van der Waals surface area contributed by atoms with Crippen LogP contribution in [0.1, 0.15) is 79.6 Å². The summed E-state index contributed by atoms with van der Waals surface area (Å²) in [5.41, 5.74) is 1.88. The fourth-order valence-corrected chi connectivity index (χ4v) is 7.71. The lowest BCUT2D eigenvalue weighted by atomic mass is 9.48. The van der Waals surface area contributed by atoms with Gasteiger partial charge in [-0.1, -0.05) is 32.4 Å². The van der Waals surface area contributed by atoms with Gasteiger partial charge in [-0.25, -0.2) is 0 Å². The molecule has 3 fully saturated rings. The van der Waals surface area contributed by atoms with Crippen molar-refractivity contribution in [2.24, 2.45) is 34.5 Å². The Labute approximate surface area is 169 Å². The van der Waals surface area contributed by atoms with Crippen molar-refractivity contribution in [3.8, 4) is 0 Å². The first-order valence-electron chi connectivity index (χ1n) is 11.2. The molecule has 4 rings (SSSR count). The van der Waals surface area contributed by atoms with Crippen molar-refractivity contribution < 1.29 is 19.1 Å². The lowest BCUT2D eigenvalue weighted by Gasteiger charge is -2.57. The maximum atomic E-state index is 11.7. The largest absolute Gasteiger partial charge is 0.462 e. The lowest BCUT2D eigenvalue weighted by molar-refractivity contribution is -0.159. The monoisotopic (exact) mass is 388 g/mol. The minimum atomic E-state index is -0.159. The number of allylic oxidation sites excluding steroid dienone is 1. The lowest BCUT2D eigenvalue weighted by Crippen LogP contribution is -2.51. The van der Waals surface area contributed by atoms with Gasteiger partial charge in [0.1, 0.15) is 12.2 Å². The molecule has 0 spiro atoms. The zero-order valence-corrected chi connectivity index (χ0v) is 18.1. The second-order valence-electron chi connectivity index (χ2n) is 10.5. The Balaban J connectivity index is 1.58. The molecular formula is C24H36O4. The van der Waals surface area contributed by atoms with E-state index < -0.39 is 0 Å². The highest BCUT2D eigenvalue weighted by Crippen LogP contribution is 2.66. The molecule has 4 aliphatic carbocycles. The highest BCUT2D eigenvalue weighted by molar-refractivity contribution is 5.66. The van der Waals surface area contributed by atoms with Gasteiger partial charge in [-0.3, -0.25) is 9.59 Å². The smallest absolute Gasteiger partial charge is 0.302 e. The Hall–Kier alpha value is -1.32. The SMILES string of the molecule is CC(=O)O[C@H]1CC[C@@]2(C)C(=CC[C@H]3[C@@H]4C[C@H](C)[C@@H](OC(C)=O)[C@@]4(C)CC[C@@H]32)C1. The van der Waals surface area contributed by atoms with E-state index in [9.17, 15) is 9.59 Å². The summed E-state index contributed by atoms with van der Waals surface area (Å²) in [6, 6.07) is 0. The first-order valence-corrected chi connectivity index (χ1v) is 11.2. The highest BCUT2D eigenvalue weighted by Gasteiger charge is 2.61. The molecule has 0 aliphatic heterocycles. The molecular weight excluding hydrogens is 352 g/mol. The van der Waals surface area contributed by atoms with Crippen molar-refractivity contribution in [3.05, 3.63) is 11.6 Å². The molecule has 0 amide bonds. The molecule has 28 heavy (non-hydrogen) atoms. The van der Waals surface area contributed by atoms with Gasteiger partial charge < -0.3 is 9.47 Å². The molecule has 4 aliphatic rings. The summed E-state index contributed by atoms with van der Waals surface area (Å²) in [7, 11) is 0. The first-order chi connectivity index (χ1) is 13.1. The van der Waals surface area contributed by atoms with E-state index in [0.29, 0.717) is 23.7 Å². The maximum Gasteiger partial charge on any atom is 0.302 e. The Morgan fingerprint density at radius 1 is 1.04 bits per heavy atom. The summed E-state index contributed by atoms with van der Waals surface area (Å²) < 4.78 is 11.4. The van der Waals surface area contributed by atoms with Crippen molar-refractivity contribution in [3.63, 3.8) is 0 Å². The van der Waals surface area contributed by atoms with Gasteiger partial charge in [-0.2, -0.15) is 0 Å². The minimum absolute atomic E-state index is 0.0575. The van der Waals surface area contributed by atoms with Gasteiger partial charge in [-0.05, 0) is 67.6 Å². The number of esters is 2. The fourth-order valence-electron chi connectivity index (χ4n) is 7.71. The third-order valence-corrected chi connectivity index (χ3v) is 8.91. The van der Waals surface area contributed by atoms with E-state index in [1.54, 1.807) is 6.92 Å². The summed E-state index contributed by atoms with van der Waals surface area (Å²) in [6.45, 7) is 10.2. The van der Waals surface area contributed by atoms with Crippen LogP contribution in [0.3, 0.4) is 0 Å². The van der Waals surface area contributed by atoms with Gasteiger partial charge in [0, 0.05) is 25.7 Å². The minimum Gasteiger partial charge on any atom is -0.462 e. The number of ether oxygens (including phenoxy) is 2. The molecule has 0 unspecified atom stereocenters. The molecule has 156 valence electrons. The van der Waals surface area contributed by atoms with Crippen LogP contribution >= 0.6 is 0 Å². The standard InChI is InChI=1S/C24H36O4/c1-14-12-21-19-7-6-17-13-18(27-15(2)25)8-10-23(17,4)20(19)9-11-24(21,5)22(14)28-16(3)26/h6,14,18-22H,7-13H2,1-5H3/t14-,18-,19+,20-,21-,22+,23-,24-/m0/s1. The van der Waals surface area contributed by atoms with Crippen molar-refractivity contribution in [1.82, 2.24) is 0 Å². The molecule has 0 saturated heterocycles. The van der Waals surface area contributed by atoms with Crippen LogP contribution in [0.4, 0.5) is 0 Å². The number of fused-ring (bicyclic) bond motifs is 5. The predicted molar refractivity (Wildman–Crippen MR) is 107 cm³/mol. The Bertz CT molecular complexity index is 697. The first kappa shape index (κ1) is 20.0. The van der Waals surface area contributed by atoms with Crippen LogP contribution in [0.25, 0.3) is 0 Å². The topological polar surface area (TPSA) is 52.6 Å². The summed E-state index contributed by atoms with van der Waals surface area (Å²) in [5.74, 6) is 2.16. The highest BCUT2D eigenvalue weighted by atomic mass is 16.5. The number of rotatable bonds is 2. The summed E-state index contributed by atoms with van der Waals surface area (Å²) in [6.07, 6.45) is 10.3. The molecule has 4 heteroatoms. The van der Waals surface area contributed by atoms with Crippen LogP contribution < -0.4 is 0 Å². The van der Waals surface area contributed by atoms with Gasteiger partial charge in [0.05, 0.1) is 0 Å². The average molecular weight is 389 g/mol. The van der Waals surface area contributed by atoms with Crippen molar-refractivity contribution in [2.45, 2.75) is 91.8 Å². The normalized spacial score (nSPS) is 47.2. The van der Waals surface area contributed by atoms with E-state index in [1.807, 2.05) is 0 Å². The number of carbonyl (C=O) groups excluding carboxylic acids is 2.